The number of benzene rings is 1. The van der Waals surface area contributed by atoms with Gasteiger partial charge in [0.25, 0.3) is 17.4 Å². The first kappa shape index (κ1) is 20.7. The number of nitro benzene ring substituents is 1. The summed E-state index contributed by atoms with van der Waals surface area (Å²) in [5.74, 6) is -1.66. The Hall–Kier alpha value is -3.00. The summed E-state index contributed by atoms with van der Waals surface area (Å²) in [5, 5.41) is 23.7. The number of carbonyl (C=O) groups is 2. The fourth-order valence-electron chi connectivity index (χ4n) is 3.48. The van der Waals surface area contributed by atoms with Crippen molar-refractivity contribution in [1.29, 1.82) is 0 Å². The molecule has 152 valence electrons. The summed E-state index contributed by atoms with van der Waals surface area (Å²) in [6.45, 7) is 4.39. The fraction of sp³-hybridized carbons (Fsp3) is 0.333. The van der Waals surface area contributed by atoms with Crippen LogP contribution in [0.5, 0.6) is 0 Å². The van der Waals surface area contributed by atoms with Gasteiger partial charge in [-0.1, -0.05) is 19.8 Å². The number of nitrogens with zero attached hydrogens (tertiary/aromatic N) is 2. The second-order valence-corrected chi connectivity index (χ2v) is 7.92. The van der Waals surface area contributed by atoms with Crippen molar-refractivity contribution in [3.63, 3.8) is 0 Å². The van der Waals surface area contributed by atoms with Crippen molar-refractivity contribution in [2.75, 3.05) is 6.54 Å². The number of rotatable bonds is 7. The summed E-state index contributed by atoms with van der Waals surface area (Å²) in [6, 6.07) is 6.56. The Kier molecular flexibility index (Phi) is 6.12. The van der Waals surface area contributed by atoms with Crippen molar-refractivity contribution in [3.05, 3.63) is 67.4 Å². The molecule has 1 amide bonds. The number of amides is 1. The average molecular weight is 414 g/mol. The van der Waals surface area contributed by atoms with Gasteiger partial charge in [0.1, 0.15) is 5.76 Å². The Morgan fingerprint density at radius 1 is 1.21 bits per heavy atom. The van der Waals surface area contributed by atoms with E-state index in [9.17, 15) is 24.8 Å². The van der Waals surface area contributed by atoms with Gasteiger partial charge in [0.15, 0.2) is 0 Å². The van der Waals surface area contributed by atoms with Crippen LogP contribution in [0.15, 0.2) is 41.3 Å². The van der Waals surface area contributed by atoms with E-state index < -0.39 is 22.7 Å². The molecule has 1 aromatic heterocycles. The molecule has 0 spiro atoms. The zero-order chi connectivity index (χ0) is 21.1. The van der Waals surface area contributed by atoms with Crippen molar-refractivity contribution in [3.8, 4) is 0 Å². The molecule has 29 heavy (non-hydrogen) atoms. The number of hydrogen-bond acceptors (Lipinski definition) is 6. The maximum Gasteiger partial charge on any atom is 0.295 e. The number of likely N-dealkylation sites (tertiary alicyclic amines) is 1. The van der Waals surface area contributed by atoms with E-state index in [2.05, 4.69) is 6.92 Å². The molecule has 2 aromatic rings. The number of thiophene rings is 1. The first-order valence-electron chi connectivity index (χ1n) is 9.44. The SMILES string of the molecule is CCCCCN1C(=O)C(=O)/C(=C(\O)c2ccc([N+](=O)[O-])cc2)C1c1sccc1C. The van der Waals surface area contributed by atoms with Crippen LogP contribution < -0.4 is 0 Å². The number of nitro groups is 1. The molecule has 3 rings (SSSR count). The number of aryl methyl sites for hydroxylation is 1. The molecule has 0 radical (unpaired) electrons. The molecule has 0 saturated carbocycles. The molecule has 1 unspecified atom stereocenters. The third-order valence-corrected chi connectivity index (χ3v) is 6.12. The largest absolute Gasteiger partial charge is 0.507 e. The van der Waals surface area contributed by atoms with Crippen LogP contribution in [0.3, 0.4) is 0 Å². The predicted octanol–water partition coefficient (Wildman–Crippen LogP) is 4.58. The van der Waals surface area contributed by atoms with Crippen LogP contribution in [-0.2, 0) is 9.59 Å². The topological polar surface area (TPSA) is 101 Å². The Morgan fingerprint density at radius 3 is 2.45 bits per heavy atom. The maximum atomic E-state index is 12.8. The second-order valence-electron chi connectivity index (χ2n) is 6.97. The molecule has 7 nitrogen and oxygen atoms in total. The minimum atomic E-state index is -0.727. The molecule has 2 heterocycles. The number of ketones is 1. The van der Waals surface area contributed by atoms with Crippen molar-refractivity contribution in [1.82, 2.24) is 4.90 Å². The van der Waals surface area contributed by atoms with Crippen LogP contribution in [0.25, 0.3) is 5.76 Å². The van der Waals surface area contributed by atoms with Crippen molar-refractivity contribution in [2.45, 2.75) is 39.2 Å². The quantitative estimate of drug-likeness (QED) is 0.178. The number of aliphatic hydroxyl groups is 1. The summed E-state index contributed by atoms with van der Waals surface area (Å²) in [5.41, 5.74) is 1.12. The number of unbranched alkanes of at least 4 members (excludes halogenated alkanes) is 2. The van der Waals surface area contributed by atoms with E-state index in [0.29, 0.717) is 6.54 Å². The van der Waals surface area contributed by atoms with E-state index in [4.69, 9.17) is 0 Å². The van der Waals surface area contributed by atoms with Crippen LogP contribution >= 0.6 is 11.3 Å². The number of aliphatic hydroxyl groups excluding tert-OH is 1. The molecule has 1 aliphatic heterocycles. The highest BCUT2D eigenvalue weighted by Gasteiger charge is 2.46. The Balaban J connectivity index is 2.09. The minimum absolute atomic E-state index is 0.0332. The molecular weight excluding hydrogens is 392 g/mol. The van der Waals surface area contributed by atoms with Crippen LogP contribution in [0, 0.1) is 17.0 Å². The van der Waals surface area contributed by atoms with Crippen LogP contribution in [0.4, 0.5) is 5.69 Å². The first-order chi connectivity index (χ1) is 13.9. The molecule has 1 N–H and O–H groups in total. The highest BCUT2D eigenvalue weighted by atomic mass is 32.1. The molecule has 1 fully saturated rings. The van der Waals surface area contributed by atoms with E-state index in [1.165, 1.54) is 40.5 Å². The molecule has 8 heteroatoms. The summed E-state index contributed by atoms with van der Waals surface area (Å²) >= 11 is 1.44. The van der Waals surface area contributed by atoms with E-state index in [-0.39, 0.29) is 22.6 Å². The van der Waals surface area contributed by atoms with Gasteiger partial charge in [0.05, 0.1) is 16.5 Å². The monoisotopic (exact) mass is 414 g/mol. The van der Waals surface area contributed by atoms with Gasteiger partial charge < -0.3 is 10.0 Å². The number of carbonyl (C=O) groups excluding carboxylic acids is 2. The fourth-order valence-corrected chi connectivity index (χ4v) is 4.52. The summed E-state index contributed by atoms with van der Waals surface area (Å²) in [6.07, 6.45) is 2.68. The van der Waals surface area contributed by atoms with E-state index in [1.807, 2.05) is 18.4 Å². The number of hydrogen-bond donors (Lipinski definition) is 1. The van der Waals surface area contributed by atoms with Gasteiger partial charge in [0.2, 0.25) is 0 Å². The highest BCUT2D eigenvalue weighted by molar-refractivity contribution is 7.10. The van der Waals surface area contributed by atoms with Gasteiger partial charge in [-0.2, -0.15) is 0 Å². The third-order valence-electron chi connectivity index (χ3n) is 5.04. The zero-order valence-electron chi connectivity index (χ0n) is 16.3. The van der Waals surface area contributed by atoms with E-state index >= 15 is 0 Å². The Morgan fingerprint density at radius 2 is 1.90 bits per heavy atom. The highest BCUT2D eigenvalue weighted by Crippen LogP contribution is 2.42. The number of Topliss-reactive ketones (excluding diaryl/α,β-unsaturated/α-hetero) is 1. The van der Waals surface area contributed by atoms with Gasteiger partial charge in [0, 0.05) is 29.1 Å². The standard InChI is InChI=1S/C21H22N2O5S/c1-3-4-5-11-22-17(20-13(2)10-12-29-20)16(19(25)21(22)26)18(24)14-6-8-15(9-7-14)23(27)28/h6-10,12,17,24H,3-5,11H2,1-2H3/b18-16-. The van der Waals surface area contributed by atoms with Crippen molar-refractivity contribution < 1.29 is 19.6 Å². The van der Waals surface area contributed by atoms with Gasteiger partial charge in [-0.15, -0.1) is 11.3 Å². The molecule has 0 bridgehead atoms. The lowest BCUT2D eigenvalue weighted by Gasteiger charge is -2.24. The third kappa shape index (κ3) is 3.93. The van der Waals surface area contributed by atoms with E-state index in [1.54, 1.807) is 0 Å². The summed E-state index contributed by atoms with van der Waals surface area (Å²) in [4.78, 5) is 38.3. The Bertz CT molecular complexity index is 977. The van der Waals surface area contributed by atoms with Crippen molar-refractivity contribution >= 4 is 34.5 Å². The molecule has 1 aliphatic rings. The minimum Gasteiger partial charge on any atom is -0.507 e. The molecule has 1 aromatic carbocycles. The lowest BCUT2D eigenvalue weighted by atomic mass is 9.98. The lowest BCUT2D eigenvalue weighted by molar-refractivity contribution is -0.384. The molecule has 0 aliphatic carbocycles. The van der Waals surface area contributed by atoms with Gasteiger partial charge in [-0.3, -0.25) is 19.7 Å². The van der Waals surface area contributed by atoms with Crippen molar-refractivity contribution in [2.24, 2.45) is 0 Å². The van der Waals surface area contributed by atoms with Gasteiger partial charge in [-0.25, -0.2) is 0 Å². The van der Waals surface area contributed by atoms with Crippen LogP contribution in [0.1, 0.15) is 48.2 Å². The molecular formula is C21H22N2O5S. The predicted molar refractivity (Wildman–Crippen MR) is 111 cm³/mol. The smallest absolute Gasteiger partial charge is 0.295 e. The second kappa shape index (κ2) is 8.57. The van der Waals surface area contributed by atoms with E-state index in [0.717, 1.165) is 29.7 Å². The summed E-state index contributed by atoms with van der Waals surface area (Å²) in [7, 11) is 0. The van der Waals surface area contributed by atoms with Gasteiger partial charge in [-0.05, 0) is 42.5 Å². The lowest BCUT2D eigenvalue weighted by Crippen LogP contribution is -2.30. The first-order valence-corrected chi connectivity index (χ1v) is 10.3. The number of non-ortho nitro benzene ring substituents is 1. The summed E-state index contributed by atoms with van der Waals surface area (Å²) < 4.78 is 0. The molecule has 1 atom stereocenters. The Labute approximate surface area is 172 Å². The zero-order valence-corrected chi connectivity index (χ0v) is 17.1. The van der Waals surface area contributed by atoms with Crippen LogP contribution in [0.2, 0.25) is 0 Å². The van der Waals surface area contributed by atoms with Gasteiger partial charge >= 0.3 is 0 Å². The normalized spacial score (nSPS) is 18.4. The average Bonchev–Trinajstić information content (AvgIpc) is 3.23. The molecule has 1 saturated heterocycles. The van der Waals surface area contributed by atoms with Crippen LogP contribution in [-0.4, -0.2) is 33.2 Å². The maximum absolute atomic E-state index is 12.8.